The summed E-state index contributed by atoms with van der Waals surface area (Å²) in [5, 5.41) is 12.7. The fourth-order valence-corrected chi connectivity index (χ4v) is 6.23. The van der Waals surface area contributed by atoms with Gasteiger partial charge in [-0.25, -0.2) is 8.42 Å². The minimum Gasteiger partial charge on any atom is -0.315 e. The van der Waals surface area contributed by atoms with Gasteiger partial charge in [0, 0.05) is 31.1 Å². The number of nitrogens with zero attached hydrogens (tertiary/aromatic N) is 3. The molecule has 0 spiro atoms. The van der Waals surface area contributed by atoms with Crippen molar-refractivity contribution >= 4 is 32.3 Å². The van der Waals surface area contributed by atoms with E-state index < -0.39 is 10.0 Å². The molecule has 0 unspecified atom stereocenters. The molecule has 1 fully saturated rings. The normalized spacial score (nSPS) is 15.7. The number of aryl methyl sites for hydroxylation is 3. The summed E-state index contributed by atoms with van der Waals surface area (Å²) < 4.78 is 27.6. The monoisotopic (exact) mass is 446 g/mol. The van der Waals surface area contributed by atoms with Crippen molar-refractivity contribution in [3.63, 3.8) is 0 Å². The maximum atomic E-state index is 13.0. The third-order valence-corrected chi connectivity index (χ3v) is 8.57. The van der Waals surface area contributed by atoms with Crippen molar-refractivity contribution in [2.75, 3.05) is 38.0 Å². The van der Waals surface area contributed by atoms with Gasteiger partial charge in [-0.15, -0.1) is 11.3 Å². The smallest absolute Gasteiger partial charge is 0.243 e. The van der Waals surface area contributed by atoms with Crippen LogP contribution in [0.15, 0.2) is 23.1 Å². The number of hydrogen-bond acceptors (Lipinski definition) is 6. The van der Waals surface area contributed by atoms with Crippen LogP contribution in [0.3, 0.4) is 0 Å². The number of piperazine rings is 1. The first-order valence-corrected chi connectivity index (χ1v) is 12.0. The molecule has 1 aromatic carbocycles. The lowest BCUT2D eigenvalue weighted by Gasteiger charge is -2.33. The van der Waals surface area contributed by atoms with Crippen LogP contribution in [0.25, 0.3) is 0 Å². The van der Waals surface area contributed by atoms with Gasteiger partial charge in [-0.1, -0.05) is 12.1 Å². The van der Waals surface area contributed by atoms with Crippen molar-refractivity contribution in [3.8, 4) is 6.07 Å². The summed E-state index contributed by atoms with van der Waals surface area (Å²) in [6.45, 7) is 9.27. The molecule has 7 nitrogen and oxygen atoms in total. The van der Waals surface area contributed by atoms with Crippen LogP contribution in [0.1, 0.15) is 27.1 Å². The molecule has 1 N–H and O–H groups in total. The zero-order valence-corrected chi connectivity index (χ0v) is 19.3. The molecule has 3 rings (SSSR count). The van der Waals surface area contributed by atoms with Crippen LogP contribution < -0.4 is 5.32 Å². The third kappa shape index (κ3) is 4.57. The van der Waals surface area contributed by atoms with E-state index in [1.54, 1.807) is 13.0 Å². The fourth-order valence-electron chi connectivity index (χ4n) is 3.47. The molecule has 2 heterocycles. The molecule has 0 bridgehead atoms. The molecular weight excluding hydrogens is 420 g/mol. The highest BCUT2D eigenvalue weighted by Crippen LogP contribution is 2.31. The fraction of sp³-hybridized carbons (Fsp3) is 0.429. The summed E-state index contributed by atoms with van der Waals surface area (Å²) in [4.78, 5) is 15.8. The first-order chi connectivity index (χ1) is 14.1. The number of hydrogen-bond donors (Lipinski definition) is 1. The average Bonchev–Trinajstić information content (AvgIpc) is 2.96. The molecule has 9 heteroatoms. The number of anilines is 1. The second kappa shape index (κ2) is 8.86. The summed E-state index contributed by atoms with van der Waals surface area (Å²) in [6.07, 6.45) is 0. The molecule has 0 atom stereocenters. The largest absolute Gasteiger partial charge is 0.315 e. The Morgan fingerprint density at radius 3 is 2.47 bits per heavy atom. The molecule has 0 radical (unpaired) electrons. The van der Waals surface area contributed by atoms with E-state index in [1.165, 1.54) is 15.6 Å². The van der Waals surface area contributed by atoms with Gasteiger partial charge in [0.1, 0.15) is 11.1 Å². The van der Waals surface area contributed by atoms with Crippen molar-refractivity contribution in [3.05, 3.63) is 45.3 Å². The van der Waals surface area contributed by atoms with Crippen LogP contribution in [0.5, 0.6) is 0 Å². The minimum atomic E-state index is -3.55. The van der Waals surface area contributed by atoms with Crippen molar-refractivity contribution in [1.29, 1.82) is 5.26 Å². The van der Waals surface area contributed by atoms with Gasteiger partial charge in [0.25, 0.3) is 0 Å². The quantitative estimate of drug-likeness (QED) is 0.762. The highest BCUT2D eigenvalue weighted by molar-refractivity contribution is 7.89. The molecular formula is C21H26N4O3S2. The standard InChI is InChI=1S/C21H26N4O3S2/c1-14-5-6-15(2)19(11-14)30(27,28)25-9-7-24(8-10-25)13-20(26)23-21-18(12-22)16(3)17(4)29-21/h5-6,11H,7-10,13H2,1-4H3,(H,23,26). The number of carbonyl (C=O) groups excluding carboxylic acids is 1. The maximum absolute atomic E-state index is 13.0. The summed E-state index contributed by atoms with van der Waals surface area (Å²) in [7, 11) is -3.55. The molecule has 1 aliphatic rings. The molecule has 0 saturated carbocycles. The lowest BCUT2D eigenvalue weighted by molar-refractivity contribution is -0.117. The number of carbonyl (C=O) groups is 1. The Morgan fingerprint density at radius 1 is 1.17 bits per heavy atom. The van der Waals surface area contributed by atoms with Gasteiger partial charge in [0.15, 0.2) is 0 Å². The molecule has 30 heavy (non-hydrogen) atoms. The minimum absolute atomic E-state index is 0.165. The van der Waals surface area contributed by atoms with E-state index in [2.05, 4.69) is 11.4 Å². The Balaban J connectivity index is 1.61. The van der Waals surface area contributed by atoms with E-state index in [-0.39, 0.29) is 12.5 Å². The summed E-state index contributed by atoms with van der Waals surface area (Å²) in [5.41, 5.74) is 3.04. The SMILES string of the molecule is Cc1ccc(C)c(S(=O)(=O)N2CCN(CC(=O)Nc3sc(C)c(C)c3C#N)CC2)c1. The van der Waals surface area contributed by atoms with Crippen LogP contribution in [0, 0.1) is 39.0 Å². The van der Waals surface area contributed by atoms with Crippen LogP contribution in [0.2, 0.25) is 0 Å². The van der Waals surface area contributed by atoms with Crippen LogP contribution in [-0.4, -0.2) is 56.3 Å². The van der Waals surface area contributed by atoms with Crippen molar-refractivity contribution in [2.45, 2.75) is 32.6 Å². The molecule has 2 aromatic rings. The van der Waals surface area contributed by atoms with E-state index in [0.29, 0.717) is 41.6 Å². The third-order valence-electron chi connectivity index (χ3n) is 5.41. The Bertz CT molecular complexity index is 1110. The van der Waals surface area contributed by atoms with E-state index >= 15 is 0 Å². The van der Waals surface area contributed by atoms with E-state index in [9.17, 15) is 18.5 Å². The molecule has 1 aromatic heterocycles. The number of sulfonamides is 1. The number of amides is 1. The van der Waals surface area contributed by atoms with Gasteiger partial charge in [0.2, 0.25) is 15.9 Å². The van der Waals surface area contributed by atoms with Crippen LogP contribution >= 0.6 is 11.3 Å². The zero-order valence-electron chi connectivity index (χ0n) is 17.7. The van der Waals surface area contributed by atoms with E-state index in [4.69, 9.17) is 0 Å². The van der Waals surface area contributed by atoms with Gasteiger partial charge in [0.05, 0.1) is 17.0 Å². The Morgan fingerprint density at radius 2 is 1.83 bits per heavy atom. The average molecular weight is 447 g/mol. The van der Waals surface area contributed by atoms with Gasteiger partial charge >= 0.3 is 0 Å². The summed E-state index contributed by atoms with van der Waals surface area (Å²) in [6, 6.07) is 7.59. The van der Waals surface area contributed by atoms with Crippen LogP contribution in [-0.2, 0) is 14.8 Å². The number of nitrogens with one attached hydrogen (secondary N) is 1. The van der Waals surface area contributed by atoms with Crippen molar-refractivity contribution in [1.82, 2.24) is 9.21 Å². The Hall–Kier alpha value is -2.25. The Labute approximate surface area is 182 Å². The lowest BCUT2D eigenvalue weighted by Crippen LogP contribution is -2.50. The first kappa shape index (κ1) is 22.4. The summed E-state index contributed by atoms with van der Waals surface area (Å²) in [5.74, 6) is -0.196. The van der Waals surface area contributed by atoms with Gasteiger partial charge in [-0.2, -0.15) is 9.57 Å². The molecule has 0 aliphatic carbocycles. The maximum Gasteiger partial charge on any atom is 0.243 e. The van der Waals surface area contributed by atoms with Gasteiger partial charge < -0.3 is 5.32 Å². The predicted octanol–water partition coefficient (Wildman–Crippen LogP) is 2.80. The van der Waals surface area contributed by atoms with Crippen molar-refractivity contribution < 1.29 is 13.2 Å². The van der Waals surface area contributed by atoms with Gasteiger partial charge in [-0.05, 0) is 50.5 Å². The topological polar surface area (TPSA) is 93.5 Å². The number of thiophene rings is 1. The first-order valence-electron chi connectivity index (χ1n) is 9.73. The van der Waals surface area contributed by atoms with E-state index in [1.807, 2.05) is 37.8 Å². The number of rotatable bonds is 5. The highest BCUT2D eigenvalue weighted by Gasteiger charge is 2.30. The Kier molecular flexibility index (Phi) is 6.62. The second-order valence-electron chi connectivity index (χ2n) is 7.60. The van der Waals surface area contributed by atoms with Gasteiger partial charge in [-0.3, -0.25) is 9.69 Å². The molecule has 1 saturated heterocycles. The predicted molar refractivity (Wildman–Crippen MR) is 118 cm³/mol. The summed E-state index contributed by atoms with van der Waals surface area (Å²) >= 11 is 1.40. The zero-order chi connectivity index (χ0) is 22.1. The lowest BCUT2D eigenvalue weighted by atomic mass is 10.2. The highest BCUT2D eigenvalue weighted by atomic mass is 32.2. The van der Waals surface area contributed by atoms with E-state index in [0.717, 1.165) is 21.6 Å². The molecule has 160 valence electrons. The van der Waals surface area contributed by atoms with Crippen molar-refractivity contribution in [2.24, 2.45) is 0 Å². The molecule has 1 aliphatic heterocycles. The number of benzene rings is 1. The second-order valence-corrected chi connectivity index (χ2v) is 10.7. The van der Waals surface area contributed by atoms with Crippen LogP contribution in [0.4, 0.5) is 5.00 Å². The number of nitriles is 1. The molecule has 1 amide bonds.